The van der Waals surface area contributed by atoms with Gasteiger partial charge in [-0.05, 0) is 61.1 Å². The number of hydrogen-bond donors (Lipinski definition) is 1. The SMILES string of the molecule is COC(=O)C[C@H](NC(=O)OC(C)(C)C)c1ccc(I)cc1. The number of nitrogens with one attached hydrogen (secondary N) is 1. The van der Waals surface area contributed by atoms with Gasteiger partial charge in [-0.3, -0.25) is 4.79 Å². The smallest absolute Gasteiger partial charge is 0.408 e. The molecule has 0 spiro atoms. The number of halogens is 1. The minimum atomic E-state index is -0.591. The van der Waals surface area contributed by atoms with Crippen LogP contribution in [0.2, 0.25) is 0 Å². The zero-order valence-electron chi connectivity index (χ0n) is 12.6. The Balaban J connectivity index is 2.84. The first-order valence-corrected chi connectivity index (χ1v) is 7.61. The lowest BCUT2D eigenvalue weighted by molar-refractivity contribution is -0.141. The first kappa shape index (κ1) is 17.7. The monoisotopic (exact) mass is 405 g/mol. The number of ether oxygens (including phenoxy) is 2. The molecular weight excluding hydrogens is 385 g/mol. The molecule has 0 aromatic heterocycles. The summed E-state index contributed by atoms with van der Waals surface area (Å²) >= 11 is 2.19. The molecule has 1 aromatic carbocycles. The highest BCUT2D eigenvalue weighted by atomic mass is 127. The van der Waals surface area contributed by atoms with Crippen molar-refractivity contribution in [3.05, 3.63) is 33.4 Å². The van der Waals surface area contributed by atoms with Gasteiger partial charge < -0.3 is 14.8 Å². The van der Waals surface area contributed by atoms with E-state index >= 15 is 0 Å². The molecule has 1 N–H and O–H groups in total. The molecule has 0 aliphatic heterocycles. The highest BCUT2D eigenvalue weighted by molar-refractivity contribution is 14.1. The maximum absolute atomic E-state index is 11.9. The Morgan fingerprint density at radius 1 is 1.24 bits per heavy atom. The summed E-state index contributed by atoms with van der Waals surface area (Å²) in [7, 11) is 1.32. The van der Waals surface area contributed by atoms with Crippen LogP contribution in [-0.2, 0) is 14.3 Å². The lowest BCUT2D eigenvalue weighted by Crippen LogP contribution is -2.36. The number of carbonyl (C=O) groups excluding carboxylic acids is 2. The highest BCUT2D eigenvalue weighted by Gasteiger charge is 2.22. The van der Waals surface area contributed by atoms with Crippen molar-refractivity contribution in [3.8, 4) is 0 Å². The van der Waals surface area contributed by atoms with Crippen LogP contribution in [0, 0.1) is 3.57 Å². The standard InChI is InChI=1S/C15H20INO4/c1-15(2,3)21-14(19)17-12(9-13(18)20-4)10-5-7-11(16)8-6-10/h5-8,12H,9H2,1-4H3,(H,17,19)/t12-/m0/s1. The lowest BCUT2D eigenvalue weighted by Gasteiger charge is -2.23. The summed E-state index contributed by atoms with van der Waals surface area (Å²) in [6.45, 7) is 5.35. The molecular formula is C15H20INO4. The Hall–Kier alpha value is -1.31. The molecule has 116 valence electrons. The minimum absolute atomic E-state index is 0.0519. The molecule has 6 heteroatoms. The summed E-state index contributed by atoms with van der Waals surface area (Å²) in [5, 5.41) is 2.71. The molecule has 0 aliphatic carbocycles. The van der Waals surface area contributed by atoms with Gasteiger partial charge in [0, 0.05) is 3.57 Å². The first-order chi connectivity index (χ1) is 9.71. The van der Waals surface area contributed by atoms with E-state index in [1.165, 1.54) is 7.11 Å². The molecule has 1 atom stereocenters. The average molecular weight is 405 g/mol. The second-order valence-electron chi connectivity index (χ2n) is 5.53. The van der Waals surface area contributed by atoms with Crippen LogP contribution in [0.1, 0.15) is 38.8 Å². The normalized spacial score (nSPS) is 12.4. The molecule has 0 fully saturated rings. The fourth-order valence-electron chi connectivity index (χ4n) is 1.65. The molecule has 0 heterocycles. The number of alkyl carbamates (subject to hydrolysis) is 1. The van der Waals surface area contributed by atoms with E-state index in [0.29, 0.717) is 0 Å². The van der Waals surface area contributed by atoms with Crippen molar-refractivity contribution in [2.45, 2.75) is 38.8 Å². The van der Waals surface area contributed by atoms with Crippen LogP contribution in [0.4, 0.5) is 4.79 Å². The van der Waals surface area contributed by atoms with E-state index in [1.54, 1.807) is 20.8 Å². The summed E-state index contributed by atoms with van der Waals surface area (Å²) in [6.07, 6.45) is -0.508. The predicted octanol–water partition coefficient (Wildman–Crippen LogP) is 3.42. The minimum Gasteiger partial charge on any atom is -0.469 e. The number of amides is 1. The van der Waals surface area contributed by atoms with Crippen LogP contribution < -0.4 is 5.32 Å². The topological polar surface area (TPSA) is 64.6 Å². The molecule has 0 aliphatic rings. The lowest BCUT2D eigenvalue weighted by atomic mass is 10.0. The van der Waals surface area contributed by atoms with Crippen molar-refractivity contribution < 1.29 is 19.1 Å². The van der Waals surface area contributed by atoms with E-state index < -0.39 is 23.7 Å². The molecule has 0 unspecified atom stereocenters. The summed E-state index contributed by atoms with van der Waals surface area (Å²) in [6, 6.07) is 7.08. The van der Waals surface area contributed by atoms with Gasteiger partial charge in [0.25, 0.3) is 0 Å². The van der Waals surface area contributed by atoms with Crippen LogP contribution >= 0.6 is 22.6 Å². The van der Waals surface area contributed by atoms with Crippen molar-refractivity contribution in [1.82, 2.24) is 5.32 Å². The zero-order chi connectivity index (χ0) is 16.0. The fraction of sp³-hybridized carbons (Fsp3) is 0.467. The molecule has 5 nitrogen and oxygen atoms in total. The van der Waals surface area contributed by atoms with E-state index in [-0.39, 0.29) is 6.42 Å². The Labute approximate surface area is 138 Å². The average Bonchev–Trinajstić information content (AvgIpc) is 2.36. The third-order valence-corrected chi connectivity index (χ3v) is 3.28. The Kier molecular flexibility index (Phi) is 6.44. The van der Waals surface area contributed by atoms with Gasteiger partial charge in [0.05, 0.1) is 19.6 Å². The number of benzene rings is 1. The third kappa shape index (κ3) is 6.79. The molecule has 0 bridgehead atoms. The van der Waals surface area contributed by atoms with Crippen LogP contribution in [0.3, 0.4) is 0 Å². The maximum atomic E-state index is 11.9. The van der Waals surface area contributed by atoms with Crippen LogP contribution in [-0.4, -0.2) is 24.8 Å². The van der Waals surface area contributed by atoms with E-state index in [2.05, 4.69) is 32.6 Å². The van der Waals surface area contributed by atoms with Crippen LogP contribution in [0.5, 0.6) is 0 Å². The summed E-state index contributed by atoms with van der Waals surface area (Å²) < 4.78 is 11.0. The van der Waals surface area contributed by atoms with Crippen LogP contribution in [0.15, 0.2) is 24.3 Å². The van der Waals surface area contributed by atoms with Gasteiger partial charge >= 0.3 is 12.1 Å². The fourth-order valence-corrected chi connectivity index (χ4v) is 2.01. The second-order valence-corrected chi connectivity index (χ2v) is 6.78. The molecule has 1 rings (SSSR count). The third-order valence-electron chi connectivity index (χ3n) is 2.56. The number of hydrogen-bond acceptors (Lipinski definition) is 4. The number of esters is 1. The molecule has 0 saturated carbocycles. The summed E-state index contributed by atoms with van der Waals surface area (Å²) in [5.41, 5.74) is 0.234. The van der Waals surface area contributed by atoms with Gasteiger partial charge in [-0.1, -0.05) is 12.1 Å². The first-order valence-electron chi connectivity index (χ1n) is 6.53. The Morgan fingerprint density at radius 2 is 1.81 bits per heavy atom. The van der Waals surface area contributed by atoms with Crippen molar-refractivity contribution in [2.75, 3.05) is 7.11 Å². The van der Waals surface area contributed by atoms with E-state index in [9.17, 15) is 9.59 Å². The van der Waals surface area contributed by atoms with Crippen molar-refractivity contribution in [2.24, 2.45) is 0 Å². The molecule has 1 amide bonds. The molecule has 0 radical (unpaired) electrons. The number of methoxy groups -OCH3 is 1. The highest BCUT2D eigenvalue weighted by Crippen LogP contribution is 2.20. The predicted molar refractivity (Wildman–Crippen MR) is 87.9 cm³/mol. The van der Waals surface area contributed by atoms with Gasteiger partial charge in [0.15, 0.2) is 0 Å². The molecule has 21 heavy (non-hydrogen) atoms. The Morgan fingerprint density at radius 3 is 2.29 bits per heavy atom. The number of carbonyl (C=O) groups is 2. The molecule has 0 saturated heterocycles. The number of rotatable bonds is 4. The van der Waals surface area contributed by atoms with Crippen molar-refractivity contribution in [1.29, 1.82) is 0 Å². The van der Waals surface area contributed by atoms with Crippen molar-refractivity contribution in [3.63, 3.8) is 0 Å². The second kappa shape index (κ2) is 7.63. The van der Waals surface area contributed by atoms with Crippen molar-refractivity contribution >= 4 is 34.7 Å². The largest absolute Gasteiger partial charge is 0.469 e. The Bertz CT molecular complexity index is 493. The van der Waals surface area contributed by atoms with Crippen LogP contribution in [0.25, 0.3) is 0 Å². The van der Waals surface area contributed by atoms with E-state index in [0.717, 1.165) is 9.13 Å². The van der Waals surface area contributed by atoms with E-state index in [1.807, 2.05) is 24.3 Å². The zero-order valence-corrected chi connectivity index (χ0v) is 14.8. The van der Waals surface area contributed by atoms with Gasteiger partial charge in [0.2, 0.25) is 0 Å². The van der Waals surface area contributed by atoms with Gasteiger partial charge in [-0.2, -0.15) is 0 Å². The quantitative estimate of drug-likeness (QED) is 0.616. The molecule has 1 aromatic rings. The maximum Gasteiger partial charge on any atom is 0.408 e. The summed E-state index contributed by atoms with van der Waals surface area (Å²) in [4.78, 5) is 23.4. The van der Waals surface area contributed by atoms with Gasteiger partial charge in [-0.15, -0.1) is 0 Å². The van der Waals surface area contributed by atoms with Gasteiger partial charge in [-0.25, -0.2) is 4.79 Å². The van der Waals surface area contributed by atoms with E-state index in [4.69, 9.17) is 4.74 Å². The van der Waals surface area contributed by atoms with Gasteiger partial charge in [0.1, 0.15) is 5.60 Å². The summed E-state index contributed by atoms with van der Waals surface area (Å²) in [5.74, 6) is -0.394.